The maximum atomic E-state index is 11.2. The molecule has 2 nitrogen and oxygen atoms in total. The minimum absolute atomic E-state index is 0.129. The fraction of sp³-hybridized carbons (Fsp3) is 0.500. The number of hydrogen-bond acceptors (Lipinski definition) is 3. The zero-order valence-corrected chi connectivity index (χ0v) is 10.3. The molecule has 1 rings (SSSR count). The van der Waals surface area contributed by atoms with Crippen molar-refractivity contribution in [3.63, 3.8) is 0 Å². The van der Waals surface area contributed by atoms with Gasteiger partial charge in [0.1, 0.15) is 4.21 Å². The van der Waals surface area contributed by atoms with Crippen molar-refractivity contribution in [1.29, 1.82) is 0 Å². The van der Waals surface area contributed by atoms with E-state index in [0.29, 0.717) is 8.55 Å². The van der Waals surface area contributed by atoms with E-state index >= 15 is 0 Å². The third kappa shape index (κ3) is 3.67. The maximum absolute atomic E-state index is 11.2. The van der Waals surface area contributed by atoms with E-state index in [1.54, 1.807) is 13.0 Å². The Morgan fingerprint density at radius 1 is 1.38 bits per heavy atom. The molecule has 0 aromatic carbocycles. The molecular weight excluding hydrogens is 228 g/mol. The van der Waals surface area contributed by atoms with Gasteiger partial charge < -0.3 is 0 Å². The molecule has 1 aromatic rings. The number of sulfone groups is 1. The number of thiophene rings is 1. The van der Waals surface area contributed by atoms with Crippen LogP contribution in [0, 0.1) is 0 Å². The Kier molecular flexibility index (Phi) is 5.60. The van der Waals surface area contributed by atoms with Crippen LogP contribution in [0.1, 0.15) is 20.8 Å². The molecule has 0 aliphatic heterocycles. The largest absolute Gasteiger partial charge is 0.223 e. The molecule has 5 heteroatoms. The first-order valence-electron chi connectivity index (χ1n) is 4.04. The molecule has 0 saturated heterocycles. The van der Waals surface area contributed by atoms with Gasteiger partial charge in [-0.15, -0.1) is 11.3 Å². The quantitative estimate of drug-likeness (QED) is 0.796. The summed E-state index contributed by atoms with van der Waals surface area (Å²) < 4.78 is 23.2. The second-order valence-electron chi connectivity index (χ2n) is 1.96. The summed E-state index contributed by atoms with van der Waals surface area (Å²) >= 11 is 6.67. The lowest BCUT2D eigenvalue weighted by atomic mass is 10.7. The Hall–Kier alpha value is -0.0600. The van der Waals surface area contributed by atoms with Crippen LogP contribution in [-0.2, 0) is 9.84 Å². The van der Waals surface area contributed by atoms with Crippen LogP contribution in [0.4, 0.5) is 0 Å². The van der Waals surface area contributed by atoms with Crippen molar-refractivity contribution < 1.29 is 8.42 Å². The normalized spacial score (nSPS) is 10.5. The van der Waals surface area contributed by atoms with E-state index in [1.165, 1.54) is 6.07 Å². The molecule has 0 unspecified atom stereocenters. The van der Waals surface area contributed by atoms with E-state index in [9.17, 15) is 8.42 Å². The lowest BCUT2D eigenvalue weighted by molar-refractivity contribution is 0.599. The fourth-order valence-electron chi connectivity index (χ4n) is 0.607. The Bertz CT molecular complexity index is 341. The highest BCUT2D eigenvalue weighted by Gasteiger charge is 2.13. The van der Waals surface area contributed by atoms with Crippen LogP contribution in [0.2, 0.25) is 4.34 Å². The summed E-state index contributed by atoms with van der Waals surface area (Å²) in [6.07, 6.45) is 0. The van der Waals surface area contributed by atoms with E-state index in [-0.39, 0.29) is 5.75 Å². The molecule has 76 valence electrons. The summed E-state index contributed by atoms with van der Waals surface area (Å²) in [6.45, 7) is 5.61. The second kappa shape index (κ2) is 5.62. The summed E-state index contributed by atoms with van der Waals surface area (Å²) in [7, 11) is -3.04. The minimum Gasteiger partial charge on any atom is -0.223 e. The lowest BCUT2D eigenvalue weighted by Crippen LogP contribution is -2.00. The lowest BCUT2D eigenvalue weighted by Gasteiger charge is -1.92. The van der Waals surface area contributed by atoms with Gasteiger partial charge in [-0.05, 0) is 12.1 Å². The van der Waals surface area contributed by atoms with Gasteiger partial charge in [0, 0.05) is 0 Å². The first-order chi connectivity index (χ1) is 6.06. The zero-order chi connectivity index (χ0) is 10.5. The van der Waals surface area contributed by atoms with Crippen LogP contribution < -0.4 is 0 Å². The molecule has 0 radical (unpaired) electrons. The maximum Gasteiger partial charge on any atom is 0.187 e. The molecular formula is C8H13ClO2S2. The SMILES string of the molecule is CC.CCS(=O)(=O)c1ccc(Cl)s1. The highest BCUT2D eigenvalue weighted by molar-refractivity contribution is 7.93. The Morgan fingerprint density at radius 3 is 2.23 bits per heavy atom. The van der Waals surface area contributed by atoms with E-state index in [1.807, 2.05) is 13.8 Å². The van der Waals surface area contributed by atoms with Crippen molar-refractivity contribution in [2.75, 3.05) is 5.75 Å². The molecule has 0 atom stereocenters. The highest BCUT2D eigenvalue weighted by atomic mass is 35.5. The summed E-state index contributed by atoms with van der Waals surface area (Å²) in [4.78, 5) is 0. The molecule has 0 saturated carbocycles. The first kappa shape index (κ1) is 12.9. The smallest absolute Gasteiger partial charge is 0.187 e. The minimum atomic E-state index is -3.04. The average molecular weight is 241 g/mol. The average Bonchev–Trinajstić information content (AvgIpc) is 2.56. The van der Waals surface area contributed by atoms with Crippen molar-refractivity contribution >= 4 is 32.8 Å². The van der Waals surface area contributed by atoms with E-state index in [2.05, 4.69) is 0 Å². The van der Waals surface area contributed by atoms with Crippen LogP contribution in [0.15, 0.2) is 16.3 Å². The number of rotatable bonds is 2. The Balaban J connectivity index is 0.000000671. The van der Waals surface area contributed by atoms with Gasteiger partial charge in [-0.1, -0.05) is 32.4 Å². The second-order valence-corrected chi connectivity index (χ2v) is 6.18. The van der Waals surface area contributed by atoms with E-state index in [0.717, 1.165) is 11.3 Å². The van der Waals surface area contributed by atoms with Crippen LogP contribution in [-0.4, -0.2) is 14.2 Å². The molecule has 1 heterocycles. The van der Waals surface area contributed by atoms with Crippen molar-refractivity contribution in [1.82, 2.24) is 0 Å². The van der Waals surface area contributed by atoms with Gasteiger partial charge >= 0.3 is 0 Å². The van der Waals surface area contributed by atoms with Crippen LogP contribution in [0.25, 0.3) is 0 Å². The molecule has 0 N–H and O–H groups in total. The first-order valence-corrected chi connectivity index (χ1v) is 6.89. The fourth-order valence-corrected chi connectivity index (χ4v) is 3.21. The Labute approximate surface area is 88.5 Å². The van der Waals surface area contributed by atoms with Gasteiger partial charge in [0.05, 0.1) is 10.1 Å². The predicted octanol–water partition coefficient (Wildman–Crippen LogP) is 3.22. The van der Waals surface area contributed by atoms with Crippen LogP contribution in [0.5, 0.6) is 0 Å². The van der Waals surface area contributed by atoms with Gasteiger partial charge in [0.2, 0.25) is 0 Å². The van der Waals surface area contributed by atoms with Crippen LogP contribution >= 0.6 is 22.9 Å². The topological polar surface area (TPSA) is 34.1 Å². The molecule has 0 aliphatic carbocycles. The van der Waals surface area contributed by atoms with Gasteiger partial charge in [-0.3, -0.25) is 0 Å². The predicted molar refractivity (Wildman–Crippen MR) is 58.4 cm³/mol. The van der Waals surface area contributed by atoms with Gasteiger partial charge in [-0.25, -0.2) is 8.42 Å². The summed E-state index contributed by atoms with van der Waals surface area (Å²) in [5, 5.41) is 0. The third-order valence-corrected chi connectivity index (χ3v) is 4.78. The van der Waals surface area contributed by atoms with Crippen LogP contribution in [0.3, 0.4) is 0 Å². The molecule has 0 aliphatic rings. The molecule has 1 aromatic heterocycles. The molecule has 0 fully saturated rings. The summed E-state index contributed by atoms with van der Waals surface area (Å²) in [5.74, 6) is 0.129. The van der Waals surface area contributed by atoms with Crippen molar-refractivity contribution in [2.45, 2.75) is 25.0 Å². The number of hydrogen-bond donors (Lipinski definition) is 0. The Morgan fingerprint density at radius 2 is 1.92 bits per heavy atom. The summed E-state index contributed by atoms with van der Waals surface area (Å²) in [6, 6.07) is 3.13. The van der Waals surface area contributed by atoms with Crippen molar-refractivity contribution in [3.05, 3.63) is 16.5 Å². The van der Waals surface area contributed by atoms with Gasteiger partial charge in [0.25, 0.3) is 0 Å². The standard InChI is InChI=1S/C6H7ClO2S2.C2H6/c1-2-11(8,9)6-4-3-5(7)10-6;1-2/h3-4H,2H2,1H3;1-2H3. The summed E-state index contributed by atoms with van der Waals surface area (Å²) in [5.41, 5.74) is 0. The molecule has 0 bridgehead atoms. The van der Waals surface area contributed by atoms with Gasteiger partial charge in [0.15, 0.2) is 9.84 Å². The highest BCUT2D eigenvalue weighted by Crippen LogP contribution is 2.25. The monoisotopic (exact) mass is 240 g/mol. The molecule has 0 spiro atoms. The zero-order valence-electron chi connectivity index (χ0n) is 7.87. The van der Waals surface area contributed by atoms with E-state index < -0.39 is 9.84 Å². The molecule has 0 amide bonds. The van der Waals surface area contributed by atoms with E-state index in [4.69, 9.17) is 11.6 Å². The van der Waals surface area contributed by atoms with Crippen molar-refractivity contribution in [2.24, 2.45) is 0 Å². The molecule has 13 heavy (non-hydrogen) atoms. The number of halogens is 1. The van der Waals surface area contributed by atoms with Crippen molar-refractivity contribution in [3.8, 4) is 0 Å². The van der Waals surface area contributed by atoms with Gasteiger partial charge in [-0.2, -0.15) is 0 Å². The third-order valence-electron chi connectivity index (χ3n) is 1.24.